The largest absolute Gasteiger partial charge is 0.266 e. The summed E-state index contributed by atoms with van der Waals surface area (Å²) in [6, 6.07) is 0.733. The molecular weight excluding hydrogens is 364 g/mol. The smallest absolute Gasteiger partial charge is 0.228 e. The van der Waals surface area contributed by atoms with E-state index in [9.17, 15) is 17.2 Å². The molecule has 0 aliphatic rings. The third-order valence-electron chi connectivity index (χ3n) is 1.47. The Bertz CT molecular complexity index is 494. The van der Waals surface area contributed by atoms with Crippen molar-refractivity contribution in [3.63, 3.8) is 0 Å². The molecule has 0 aliphatic heterocycles. The number of aromatic nitrogens is 1. The first-order valence-electron chi connectivity index (χ1n) is 3.40. The lowest BCUT2D eigenvalue weighted by atomic mass is 10.3. The van der Waals surface area contributed by atoms with Gasteiger partial charge >= 0.3 is 0 Å². The second kappa shape index (κ2) is 4.44. The summed E-state index contributed by atoms with van der Waals surface area (Å²) in [5.74, 6) is 0. The maximum absolute atomic E-state index is 12.4. The molecule has 0 aliphatic carbocycles. The molecule has 0 amide bonds. The molecule has 0 saturated heterocycles. The van der Waals surface area contributed by atoms with Gasteiger partial charge in [-0.05, 0) is 28.7 Å². The predicted molar refractivity (Wildman–Crippen MR) is 58.3 cm³/mol. The molecule has 1 aromatic heterocycles. The maximum atomic E-state index is 12.4. The lowest BCUT2D eigenvalue weighted by Gasteiger charge is -2.06. The van der Waals surface area contributed by atoms with E-state index in [2.05, 4.69) is 4.98 Å². The molecule has 2 N–H and O–H groups in total. The van der Waals surface area contributed by atoms with E-state index in [4.69, 9.17) is 16.7 Å². The highest BCUT2D eigenvalue weighted by Crippen LogP contribution is 2.28. The fourth-order valence-electron chi connectivity index (χ4n) is 0.819. The highest BCUT2D eigenvalue weighted by Gasteiger charge is 2.21. The summed E-state index contributed by atoms with van der Waals surface area (Å²) in [6.45, 7) is 0. The van der Waals surface area contributed by atoms with Crippen molar-refractivity contribution in [1.29, 1.82) is 0 Å². The molecule has 0 unspecified atom stereocenters. The Balaban J connectivity index is 3.50. The molecule has 15 heavy (non-hydrogen) atoms. The Morgan fingerprint density at radius 1 is 1.53 bits per heavy atom. The molecule has 1 rings (SSSR count). The zero-order valence-electron chi connectivity index (χ0n) is 6.92. The molecule has 0 atom stereocenters. The van der Waals surface area contributed by atoms with Crippen LogP contribution in [-0.2, 0) is 10.0 Å². The predicted octanol–water partition coefficient (Wildman–Crippen LogP) is 1.92. The zero-order valence-corrected chi connectivity index (χ0v) is 10.6. The van der Waals surface area contributed by atoms with Gasteiger partial charge in [-0.2, -0.15) is 0 Å². The molecule has 1 aromatic rings. The Kier molecular flexibility index (Phi) is 3.85. The second-order valence-electron chi connectivity index (χ2n) is 2.50. The van der Waals surface area contributed by atoms with Crippen LogP contribution in [0.25, 0.3) is 0 Å². The minimum absolute atomic E-state index is 0.0556. The number of sulfonamides is 1. The maximum Gasteiger partial charge on any atom is 0.266 e. The van der Waals surface area contributed by atoms with Crippen LogP contribution in [0.1, 0.15) is 12.0 Å². The lowest BCUT2D eigenvalue weighted by molar-refractivity contribution is 0.149. The van der Waals surface area contributed by atoms with Gasteiger partial charge < -0.3 is 0 Å². The first-order chi connectivity index (χ1) is 6.73. The molecule has 0 radical (unpaired) electrons. The Hall–Kier alpha value is -0.0600. The summed E-state index contributed by atoms with van der Waals surface area (Å²) in [4.78, 5) is 2.88. The number of nitrogens with zero attached hydrogens (tertiary/aromatic N) is 1. The van der Waals surface area contributed by atoms with Crippen LogP contribution >= 0.6 is 34.2 Å². The average Bonchev–Trinajstić information content (AvgIpc) is 2.00. The Morgan fingerprint density at radius 3 is 2.47 bits per heavy atom. The molecule has 84 valence electrons. The lowest BCUT2D eigenvalue weighted by Crippen LogP contribution is -2.14. The van der Waals surface area contributed by atoms with Crippen LogP contribution in [0.3, 0.4) is 0 Å². The highest BCUT2D eigenvalue weighted by atomic mass is 127. The van der Waals surface area contributed by atoms with Gasteiger partial charge in [-0.25, -0.2) is 27.3 Å². The molecule has 0 bridgehead atoms. The Labute approximate surface area is 103 Å². The molecule has 0 saturated carbocycles. The van der Waals surface area contributed by atoms with Gasteiger partial charge in [0.25, 0.3) is 6.43 Å². The standard InChI is InChI=1S/C6H4ClF2IN2O2S/c7-4-3(15(11,13)14)1-2(5(8)9)6(10)12-4/h1,5H,(H2,11,13,14). The fourth-order valence-corrected chi connectivity index (χ4v) is 2.63. The van der Waals surface area contributed by atoms with Crippen LogP contribution in [0.2, 0.25) is 5.15 Å². The van der Waals surface area contributed by atoms with Gasteiger partial charge in [0.1, 0.15) is 13.7 Å². The topological polar surface area (TPSA) is 73.1 Å². The first kappa shape index (κ1) is 13.0. The SMILES string of the molecule is NS(=O)(=O)c1cc(C(F)F)c(I)nc1Cl. The van der Waals surface area contributed by atoms with Crippen LogP contribution in [0, 0.1) is 3.70 Å². The Morgan fingerprint density at radius 2 is 2.07 bits per heavy atom. The van der Waals surface area contributed by atoms with Crippen molar-refractivity contribution in [1.82, 2.24) is 4.98 Å². The van der Waals surface area contributed by atoms with E-state index in [0.29, 0.717) is 0 Å². The molecule has 0 aromatic carbocycles. The fraction of sp³-hybridized carbons (Fsp3) is 0.167. The number of halogens is 4. The second-order valence-corrected chi connectivity index (χ2v) is 5.41. The summed E-state index contributed by atoms with van der Waals surface area (Å²) in [5, 5.41) is 4.37. The van der Waals surface area contributed by atoms with Gasteiger partial charge in [0, 0.05) is 0 Å². The summed E-state index contributed by atoms with van der Waals surface area (Å²) in [7, 11) is -4.14. The number of rotatable bonds is 2. The number of hydrogen-bond acceptors (Lipinski definition) is 3. The summed E-state index contributed by atoms with van der Waals surface area (Å²) < 4.78 is 46.6. The van der Waals surface area contributed by atoms with E-state index >= 15 is 0 Å². The van der Waals surface area contributed by atoms with Crippen LogP contribution < -0.4 is 5.14 Å². The normalized spacial score (nSPS) is 12.1. The molecule has 0 fully saturated rings. The van der Waals surface area contributed by atoms with E-state index < -0.39 is 32.1 Å². The van der Waals surface area contributed by atoms with Crippen molar-refractivity contribution >= 4 is 44.2 Å². The highest BCUT2D eigenvalue weighted by molar-refractivity contribution is 14.1. The summed E-state index contributed by atoms with van der Waals surface area (Å²) in [6.07, 6.45) is -2.83. The minimum Gasteiger partial charge on any atom is -0.228 e. The third kappa shape index (κ3) is 2.95. The van der Waals surface area contributed by atoms with Crippen molar-refractivity contribution < 1.29 is 17.2 Å². The molecule has 9 heteroatoms. The van der Waals surface area contributed by atoms with E-state index in [1.165, 1.54) is 22.6 Å². The molecule has 1 heterocycles. The minimum atomic E-state index is -4.14. The number of pyridine rings is 1. The number of alkyl halides is 2. The first-order valence-corrected chi connectivity index (χ1v) is 6.40. The van der Waals surface area contributed by atoms with E-state index in [0.717, 1.165) is 6.07 Å². The van der Waals surface area contributed by atoms with Gasteiger partial charge in [-0.3, -0.25) is 0 Å². The number of nitrogens with two attached hydrogens (primary N) is 1. The van der Waals surface area contributed by atoms with Crippen molar-refractivity contribution in [2.45, 2.75) is 11.3 Å². The molecular formula is C6H4ClF2IN2O2S. The van der Waals surface area contributed by atoms with Crippen molar-refractivity contribution in [3.8, 4) is 0 Å². The van der Waals surface area contributed by atoms with Crippen molar-refractivity contribution in [3.05, 3.63) is 20.5 Å². The third-order valence-corrected chi connectivity index (χ3v) is 3.65. The molecule has 0 spiro atoms. The summed E-state index contributed by atoms with van der Waals surface area (Å²) in [5.41, 5.74) is -0.510. The van der Waals surface area contributed by atoms with Crippen LogP contribution in [0.4, 0.5) is 8.78 Å². The van der Waals surface area contributed by atoms with E-state index in [1.54, 1.807) is 0 Å². The van der Waals surface area contributed by atoms with Crippen LogP contribution in [0.5, 0.6) is 0 Å². The van der Waals surface area contributed by atoms with Gasteiger partial charge in [-0.15, -0.1) is 0 Å². The number of primary sulfonamides is 1. The summed E-state index contributed by atoms with van der Waals surface area (Å²) >= 11 is 7.01. The van der Waals surface area contributed by atoms with Crippen LogP contribution in [-0.4, -0.2) is 13.4 Å². The average molecular weight is 369 g/mol. The van der Waals surface area contributed by atoms with Crippen molar-refractivity contribution in [2.75, 3.05) is 0 Å². The number of hydrogen-bond donors (Lipinski definition) is 1. The zero-order chi connectivity index (χ0) is 11.8. The van der Waals surface area contributed by atoms with Gasteiger partial charge in [0.05, 0.1) is 5.56 Å². The van der Waals surface area contributed by atoms with Gasteiger partial charge in [0.2, 0.25) is 10.0 Å². The van der Waals surface area contributed by atoms with Crippen LogP contribution in [0.15, 0.2) is 11.0 Å². The van der Waals surface area contributed by atoms with Crippen molar-refractivity contribution in [2.24, 2.45) is 5.14 Å². The van der Waals surface area contributed by atoms with E-state index in [-0.39, 0.29) is 3.70 Å². The quantitative estimate of drug-likeness (QED) is 0.640. The monoisotopic (exact) mass is 368 g/mol. The van der Waals surface area contributed by atoms with Gasteiger partial charge in [0.15, 0.2) is 0 Å². The molecule has 4 nitrogen and oxygen atoms in total. The van der Waals surface area contributed by atoms with E-state index in [1.807, 2.05) is 0 Å². The van der Waals surface area contributed by atoms with Gasteiger partial charge in [-0.1, -0.05) is 11.6 Å².